The first-order chi connectivity index (χ1) is 25.2. The van der Waals surface area contributed by atoms with Crippen molar-refractivity contribution in [3.8, 4) is 5.69 Å². The number of benzene rings is 7. The summed E-state index contributed by atoms with van der Waals surface area (Å²) >= 11 is 0. The summed E-state index contributed by atoms with van der Waals surface area (Å²) in [6.45, 7) is 0. The highest BCUT2D eigenvalue weighted by Crippen LogP contribution is 2.39. The second kappa shape index (κ2) is 10.8. The third-order valence-corrected chi connectivity index (χ3v) is 10.0. The lowest BCUT2D eigenvalue weighted by molar-refractivity contribution is 0.668. The van der Waals surface area contributed by atoms with E-state index in [1.165, 1.54) is 10.8 Å². The van der Waals surface area contributed by atoms with Crippen LogP contribution < -0.4 is 5.32 Å². The number of furan rings is 2. The largest absolute Gasteiger partial charge is 0.456 e. The van der Waals surface area contributed by atoms with Crippen molar-refractivity contribution in [1.29, 1.82) is 0 Å². The molecule has 0 fully saturated rings. The van der Waals surface area contributed by atoms with Gasteiger partial charge in [-0.25, -0.2) is 9.98 Å². The molecule has 7 aromatic carbocycles. The summed E-state index contributed by atoms with van der Waals surface area (Å²) in [5.41, 5.74) is 9.67. The first-order valence-electron chi connectivity index (χ1n) is 17.1. The standard InChI is InChI=1S/C45H28N4O2/c1-3-11-27(12-4-1)43-46-44(48-45(47-43)29-19-21-33-32-16-8-10-18-39(32)50-41(33)24-29)28-20-22-40-35(23-28)36-25-34-31-15-7-9-17-37(31)49(30-13-5-2-6-14-30)38(34)26-42(36)51-40/h1-26,44H,(H,46,47,48). The van der Waals surface area contributed by atoms with Crippen LogP contribution >= 0.6 is 0 Å². The molecule has 1 N–H and O–H groups in total. The summed E-state index contributed by atoms with van der Waals surface area (Å²) in [4.78, 5) is 10.4. The first kappa shape index (κ1) is 28.0. The molecule has 1 aliphatic heterocycles. The normalized spacial score (nSPS) is 14.9. The van der Waals surface area contributed by atoms with E-state index in [1.807, 2.05) is 48.5 Å². The van der Waals surface area contributed by atoms with E-state index in [9.17, 15) is 0 Å². The van der Waals surface area contributed by atoms with Crippen LogP contribution in [0.2, 0.25) is 0 Å². The molecule has 0 amide bonds. The van der Waals surface area contributed by atoms with Crippen molar-refractivity contribution in [1.82, 2.24) is 9.88 Å². The molecule has 1 unspecified atom stereocenters. The molecule has 3 aromatic heterocycles. The van der Waals surface area contributed by atoms with Crippen molar-refractivity contribution >= 4 is 77.4 Å². The number of para-hydroxylation sites is 3. The fourth-order valence-electron chi connectivity index (χ4n) is 7.63. The van der Waals surface area contributed by atoms with Crippen LogP contribution in [-0.2, 0) is 0 Å². The van der Waals surface area contributed by atoms with Crippen LogP contribution in [0.1, 0.15) is 22.9 Å². The van der Waals surface area contributed by atoms with Crippen LogP contribution in [0, 0.1) is 0 Å². The molecular formula is C45H28N4O2. The molecule has 240 valence electrons. The average molecular weight is 657 g/mol. The maximum absolute atomic E-state index is 6.53. The first-order valence-corrected chi connectivity index (χ1v) is 17.1. The van der Waals surface area contributed by atoms with E-state index < -0.39 is 6.17 Å². The Morgan fingerprint density at radius 2 is 1.08 bits per heavy atom. The molecule has 0 spiro atoms. The molecule has 0 saturated carbocycles. The third kappa shape index (κ3) is 4.36. The minimum atomic E-state index is -0.471. The lowest BCUT2D eigenvalue weighted by Gasteiger charge is -2.22. The number of aliphatic imine (C=N–C) groups is 2. The predicted octanol–water partition coefficient (Wildman–Crippen LogP) is 11.1. The SMILES string of the molecule is c1ccc(C2=NC(c3ccc4oc5cc6c(cc5c4c3)c3ccccc3n6-c3ccccc3)N=C(c3ccc4c(c3)oc3ccccc34)N2)cc1. The second-order valence-electron chi connectivity index (χ2n) is 13.0. The van der Waals surface area contributed by atoms with Gasteiger partial charge in [0.15, 0.2) is 6.17 Å². The topological polar surface area (TPSA) is 68.0 Å². The Bertz CT molecular complexity index is 3060. The lowest BCUT2D eigenvalue weighted by atomic mass is 10.0. The predicted molar refractivity (Wildman–Crippen MR) is 207 cm³/mol. The molecule has 6 nitrogen and oxygen atoms in total. The minimum Gasteiger partial charge on any atom is -0.456 e. The Morgan fingerprint density at radius 3 is 1.92 bits per heavy atom. The van der Waals surface area contributed by atoms with E-state index in [2.05, 4.69) is 119 Å². The van der Waals surface area contributed by atoms with E-state index in [0.717, 1.165) is 89.0 Å². The lowest BCUT2D eigenvalue weighted by Crippen LogP contribution is -2.36. The quantitative estimate of drug-likeness (QED) is 0.205. The van der Waals surface area contributed by atoms with Crippen LogP contribution in [0.15, 0.2) is 177 Å². The Hall–Kier alpha value is -6.92. The molecule has 10 aromatic rings. The van der Waals surface area contributed by atoms with Crippen LogP contribution in [0.5, 0.6) is 0 Å². The molecule has 1 atom stereocenters. The monoisotopic (exact) mass is 656 g/mol. The second-order valence-corrected chi connectivity index (χ2v) is 13.0. The van der Waals surface area contributed by atoms with Crippen molar-refractivity contribution in [2.24, 2.45) is 9.98 Å². The van der Waals surface area contributed by atoms with Crippen LogP contribution in [-0.4, -0.2) is 16.2 Å². The molecule has 11 rings (SSSR count). The van der Waals surface area contributed by atoms with Gasteiger partial charge < -0.3 is 18.7 Å². The fourth-order valence-corrected chi connectivity index (χ4v) is 7.63. The van der Waals surface area contributed by atoms with E-state index in [-0.39, 0.29) is 0 Å². The van der Waals surface area contributed by atoms with E-state index in [1.54, 1.807) is 0 Å². The Kier molecular flexibility index (Phi) is 5.92. The summed E-state index contributed by atoms with van der Waals surface area (Å²) in [6.07, 6.45) is -0.471. The summed E-state index contributed by atoms with van der Waals surface area (Å²) in [6, 6.07) is 54.5. The molecule has 4 heterocycles. The van der Waals surface area contributed by atoms with Crippen LogP contribution in [0.3, 0.4) is 0 Å². The van der Waals surface area contributed by atoms with Gasteiger partial charge in [0.1, 0.15) is 34.0 Å². The van der Waals surface area contributed by atoms with Gasteiger partial charge in [-0.15, -0.1) is 0 Å². The number of nitrogens with one attached hydrogen (secondary N) is 1. The molecular weight excluding hydrogens is 629 g/mol. The van der Waals surface area contributed by atoms with E-state index in [4.69, 9.17) is 18.8 Å². The highest BCUT2D eigenvalue weighted by atomic mass is 16.3. The number of nitrogens with zero attached hydrogens (tertiary/aromatic N) is 3. The Morgan fingerprint density at radius 1 is 0.431 bits per heavy atom. The zero-order valence-corrected chi connectivity index (χ0v) is 27.2. The van der Waals surface area contributed by atoms with Gasteiger partial charge in [-0.05, 0) is 60.2 Å². The molecule has 0 aliphatic carbocycles. The summed E-state index contributed by atoms with van der Waals surface area (Å²) in [7, 11) is 0. The smallest absolute Gasteiger partial charge is 0.169 e. The molecule has 0 saturated heterocycles. The number of rotatable bonds is 4. The number of hydrogen-bond acceptors (Lipinski definition) is 5. The highest BCUT2D eigenvalue weighted by Gasteiger charge is 2.23. The molecule has 51 heavy (non-hydrogen) atoms. The minimum absolute atomic E-state index is 0.471. The Balaban J connectivity index is 1.08. The summed E-state index contributed by atoms with van der Waals surface area (Å²) < 4.78 is 15.1. The van der Waals surface area contributed by atoms with Crippen molar-refractivity contribution in [2.75, 3.05) is 0 Å². The van der Waals surface area contributed by atoms with Gasteiger partial charge in [-0.1, -0.05) is 97.1 Å². The van der Waals surface area contributed by atoms with Gasteiger partial charge in [-0.2, -0.15) is 0 Å². The fraction of sp³-hybridized carbons (Fsp3) is 0.0222. The maximum atomic E-state index is 6.53. The zero-order chi connectivity index (χ0) is 33.5. The van der Waals surface area contributed by atoms with E-state index in [0.29, 0.717) is 0 Å². The number of fused-ring (bicyclic) bond motifs is 9. The van der Waals surface area contributed by atoms with Crippen molar-refractivity contribution in [3.05, 3.63) is 174 Å². The van der Waals surface area contributed by atoms with Crippen molar-refractivity contribution < 1.29 is 8.83 Å². The van der Waals surface area contributed by atoms with E-state index >= 15 is 0 Å². The Labute approximate surface area is 291 Å². The van der Waals surface area contributed by atoms with Gasteiger partial charge in [-0.3, -0.25) is 0 Å². The maximum Gasteiger partial charge on any atom is 0.169 e. The number of hydrogen-bond donors (Lipinski definition) is 1. The van der Waals surface area contributed by atoms with Gasteiger partial charge in [0.05, 0.1) is 11.0 Å². The van der Waals surface area contributed by atoms with Crippen molar-refractivity contribution in [3.63, 3.8) is 0 Å². The number of amidine groups is 2. The molecule has 6 heteroatoms. The molecule has 0 radical (unpaired) electrons. The van der Waals surface area contributed by atoms with Crippen LogP contribution in [0.4, 0.5) is 0 Å². The van der Waals surface area contributed by atoms with Gasteiger partial charge in [0.2, 0.25) is 0 Å². The summed E-state index contributed by atoms with van der Waals surface area (Å²) in [5, 5.41) is 10.2. The molecule has 1 aliphatic rings. The van der Waals surface area contributed by atoms with Crippen molar-refractivity contribution in [2.45, 2.75) is 6.17 Å². The summed E-state index contributed by atoms with van der Waals surface area (Å²) in [5.74, 6) is 1.51. The highest BCUT2D eigenvalue weighted by molar-refractivity contribution is 6.19. The third-order valence-electron chi connectivity index (χ3n) is 10.0. The van der Waals surface area contributed by atoms with Gasteiger partial charge in [0, 0.05) is 55.2 Å². The average Bonchev–Trinajstić information content (AvgIpc) is 3.86. The number of aromatic nitrogens is 1. The van der Waals surface area contributed by atoms with Gasteiger partial charge in [0.25, 0.3) is 0 Å². The van der Waals surface area contributed by atoms with Crippen LogP contribution in [0.25, 0.3) is 71.4 Å². The molecule has 0 bridgehead atoms. The zero-order valence-electron chi connectivity index (χ0n) is 27.2. The van der Waals surface area contributed by atoms with Gasteiger partial charge >= 0.3 is 0 Å².